The first kappa shape index (κ1) is 22.9. The zero-order chi connectivity index (χ0) is 22.2. The Labute approximate surface area is 181 Å². The molecule has 1 aliphatic heterocycles. The van der Waals surface area contributed by atoms with Gasteiger partial charge in [-0.15, -0.1) is 0 Å². The second kappa shape index (κ2) is 11.0. The highest BCUT2D eigenvalue weighted by Gasteiger charge is 2.26. The van der Waals surface area contributed by atoms with E-state index < -0.39 is 0 Å². The molecular formula is C24H29F2N3O2. The molecule has 2 N–H and O–H groups in total. The fraction of sp³-hybridized carbons (Fsp3) is 0.417. The molecule has 0 radical (unpaired) electrons. The van der Waals surface area contributed by atoms with Gasteiger partial charge in [-0.25, -0.2) is 8.78 Å². The van der Waals surface area contributed by atoms with Crippen LogP contribution >= 0.6 is 0 Å². The van der Waals surface area contributed by atoms with Crippen LogP contribution in [0.3, 0.4) is 0 Å². The van der Waals surface area contributed by atoms with Gasteiger partial charge in [0.25, 0.3) is 0 Å². The molecule has 7 heteroatoms. The molecule has 1 saturated heterocycles. The number of rotatable bonds is 8. The number of nitrogens with zero attached hydrogens (tertiary/aromatic N) is 1. The number of likely N-dealkylation sites (tertiary alicyclic amines) is 1. The average Bonchev–Trinajstić information content (AvgIpc) is 2.76. The summed E-state index contributed by atoms with van der Waals surface area (Å²) in [6.45, 7) is 3.88. The number of amides is 2. The van der Waals surface area contributed by atoms with Crippen molar-refractivity contribution in [2.45, 2.75) is 32.2 Å². The van der Waals surface area contributed by atoms with Crippen molar-refractivity contribution in [3.63, 3.8) is 0 Å². The van der Waals surface area contributed by atoms with Gasteiger partial charge in [-0.3, -0.25) is 14.5 Å². The predicted molar refractivity (Wildman–Crippen MR) is 115 cm³/mol. The molecule has 2 aromatic carbocycles. The monoisotopic (exact) mass is 429 g/mol. The van der Waals surface area contributed by atoms with Gasteiger partial charge in [0.1, 0.15) is 11.6 Å². The standard InChI is InChI=1S/C24H29F2N3O2/c1-17(18-6-8-21(25)9-7-18)28-23(30)16-29-14-11-20(12-15-29)24(31)27-13-10-19-4-2-3-5-22(19)26/h2-9,17,20H,10-16H2,1H3,(H,27,31)(H,28,30)/t17-/m0/s1. The van der Waals surface area contributed by atoms with Gasteiger partial charge in [-0.05, 0) is 68.6 Å². The van der Waals surface area contributed by atoms with Crippen molar-refractivity contribution in [3.8, 4) is 0 Å². The second-order valence-corrected chi connectivity index (χ2v) is 8.02. The van der Waals surface area contributed by atoms with Gasteiger partial charge in [-0.2, -0.15) is 0 Å². The van der Waals surface area contributed by atoms with Crippen LogP contribution in [0, 0.1) is 17.6 Å². The summed E-state index contributed by atoms with van der Waals surface area (Å²) in [5.74, 6) is -0.744. The Morgan fingerprint density at radius 3 is 2.42 bits per heavy atom. The molecule has 0 spiro atoms. The molecule has 1 fully saturated rings. The Kier molecular flexibility index (Phi) is 8.12. The lowest BCUT2D eigenvalue weighted by atomic mass is 9.96. The molecule has 0 aliphatic carbocycles. The molecule has 0 saturated carbocycles. The van der Waals surface area contributed by atoms with E-state index in [9.17, 15) is 18.4 Å². The van der Waals surface area contributed by atoms with Gasteiger partial charge in [0.05, 0.1) is 12.6 Å². The lowest BCUT2D eigenvalue weighted by Crippen LogP contribution is -2.45. The van der Waals surface area contributed by atoms with Gasteiger partial charge >= 0.3 is 0 Å². The van der Waals surface area contributed by atoms with Crippen LogP contribution in [-0.2, 0) is 16.0 Å². The summed E-state index contributed by atoms with van der Waals surface area (Å²) in [6, 6.07) is 12.5. The third-order valence-electron chi connectivity index (χ3n) is 5.72. The first-order chi connectivity index (χ1) is 14.9. The Morgan fingerprint density at radius 1 is 1.06 bits per heavy atom. The molecule has 1 aliphatic rings. The van der Waals surface area contributed by atoms with Gasteiger partial charge < -0.3 is 10.6 Å². The summed E-state index contributed by atoms with van der Waals surface area (Å²) in [4.78, 5) is 26.8. The highest BCUT2D eigenvalue weighted by Crippen LogP contribution is 2.18. The average molecular weight is 430 g/mol. The van der Waals surface area contributed by atoms with Crippen LogP contribution in [0.5, 0.6) is 0 Å². The van der Waals surface area contributed by atoms with Gasteiger partial charge in [0.15, 0.2) is 0 Å². The second-order valence-electron chi connectivity index (χ2n) is 8.02. The molecular weight excluding hydrogens is 400 g/mol. The number of nitrogens with one attached hydrogen (secondary N) is 2. The maximum atomic E-state index is 13.6. The van der Waals surface area contributed by atoms with Crippen LogP contribution < -0.4 is 10.6 Å². The molecule has 5 nitrogen and oxygen atoms in total. The maximum Gasteiger partial charge on any atom is 0.234 e. The van der Waals surface area contributed by atoms with E-state index in [1.165, 1.54) is 18.2 Å². The summed E-state index contributed by atoms with van der Waals surface area (Å²) in [7, 11) is 0. The van der Waals surface area contributed by atoms with E-state index in [4.69, 9.17) is 0 Å². The highest BCUT2D eigenvalue weighted by molar-refractivity contribution is 5.79. The van der Waals surface area contributed by atoms with E-state index in [0.717, 1.165) is 5.56 Å². The Balaban J connectivity index is 1.35. The lowest BCUT2D eigenvalue weighted by molar-refractivity contribution is -0.126. The van der Waals surface area contributed by atoms with Crippen molar-refractivity contribution >= 4 is 11.8 Å². The topological polar surface area (TPSA) is 61.4 Å². The van der Waals surface area contributed by atoms with E-state index in [1.54, 1.807) is 30.3 Å². The van der Waals surface area contributed by atoms with Crippen LogP contribution in [-0.4, -0.2) is 42.9 Å². The summed E-state index contributed by atoms with van der Waals surface area (Å²) in [5.41, 5.74) is 1.44. The quantitative estimate of drug-likeness (QED) is 0.678. The van der Waals surface area contributed by atoms with Crippen molar-refractivity contribution < 1.29 is 18.4 Å². The number of carbonyl (C=O) groups is 2. The van der Waals surface area contributed by atoms with Crippen molar-refractivity contribution in [2.24, 2.45) is 5.92 Å². The summed E-state index contributed by atoms with van der Waals surface area (Å²) in [6.07, 6.45) is 1.84. The summed E-state index contributed by atoms with van der Waals surface area (Å²) >= 11 is 0. The smallest absolute Gasteiger partial charge is 0.234 e. The third-order valence-corrected chi connectivity index (χ3v) is 5.72. The van der Waals surface area contributed by atoms with Crippen LogP contribution in [0.2, 0.25) is 0 Å². The number of carbonyl (C=O) groups excluding carboxylic acids is 2. The Bertz CT molecular complexity index is 881. The van der Waals surface area contributed by atoms with Gasteiger partial charge in [0.2, 0.25) is 11.8 Å². The van der Waals surface area contributed by atoms with E-state index >= 15 is 0 Å². The van der Waals surface area contributed by atoms with Crippen LogP contribution in [0.15, 0.2) is 48.5 Å². The van der Waals surface area contributed by atoms with Crippen LogP contribution in [0.25, 0.3) is 0 Å². The Hall–Kier alpha value is -2.80. The van der Waals surface area contributed by atoms with Gasteiger partial charge in [-0.1, -0.05) is 30.3 Å². The van der Waals surface area contributed by atoms with E-state index in [2.05, 4.69) is 10.6 Å². The van der Waals surface area contributed by atoms with E-state index in [0.29, 0.717) is 44.5 Å². The first-order valence-corrected chi connectivity index (χ1v) is 10.7. The SMILES string of the molecule is C[C@H](NC(=O)CN1CCC(C(=O)NCCc2ccccc2F)CC1)c1ccc(F)cc1. The molecule has 0 aromatic heterocycles. The molecule has 3 rings (SSSR count). The summed E-state index contributed by atoms with van der Waals surface area (Å²) < 4.78 is 26.7. The molecule has 0 unspecified atom stereocenters. The molecule has 1 heterocycles. The highest BCUT2D eigenvalue weighted by atomic mass is 19.1. The van der Waals surface area contributed by atoms with E-state index in [-0.39, 0.29) is 42.0 Å². The Morgan fingerprint density at radius 2 is 1.74 bits per heavy atom. The van der Waals surface area contributed by atoms with Gasteiger partial charge in [0, 0.05) is 12.5 Å². The fourth-order valence-electron chi connectivity index (χ4n) is 3.84. The number of piperidine rings is 1. The number of hydrogen-bond donors (Lipinski definition) is 2. The molecule has 166 valence electrons. The molecule has 2 amide bonds. The number of halogens is 2. The molecule has 2 aromatic rings. The maximum absolute atomic E-state index is 13.6. The van der Waals surface area contributed by atoms with Crippen molar-refractivity contribution in [1.29, 1.82) is 0 Å². The normalized spacial score (nSPS) is 16.0. The van der Waals surface area contributed by atoms with Crippen molar-refractivity contribution in [1.82, 2.24) is 15.5 Å². The predicted octanol–water partition coefficient (Wildman–Crippen LogP) is 3.21. The van der Waals surface area contributed by atoms with Crippen molar-refractivity contribution in [3.05, 3.63) is 71.3 Å². The number of hydrogen-bond acceptors (Lipinski definition) is 3. The van der Waals surface area contributed by atoms with E-state index in [1.807, 2.05) is 11.8 Å². The lowest BCUT2D eigenvalue weighted by Gasteiger charge is -2.31. The third kappa shape index (κ3) is 6.85. The first-order valence-electron chi connectivity index (χ1n) is 10.7. The number of benzene rings is 2. The summed E-state index contributed by atoms with van der Waals surface area (Å²) in [5, 5.41) is 5.83. The minimum atomic E-state index is -0.304. The minimum absolute atomic E-state index is 0.00891. The zero-order valence-electron chi connectivity index (χ0n) is 17.7. The molecule has 0 bridgehead atoms. The molecule has 1 atom stereocenters. The minimum Gasteiger partial charge on any atom is -0.356 e. The zero-order valence-corrected chi connectivity index (χ0v) is 17.7. The fourth-order valence-corrected chi connectivity index (χ4v) is 3.84. The van der Waals surface area contributed by atoms with Crippen LogP contribution in [0.1, 0.15) is 36.9 Å². The van der Waals surface area contributed by atoms with Crippen molar-refractivity contribution in [2.75, 3.05) is 26.2 Å². The largest absolute Gasteiger partial charge is 0.356 e. The van der Waals surface area contributed by atoms with Crippen LogP contribution in [0.4, 0.5) is 8.78 Å². The molecule has 31 heavy (non-hydrogen) atoms.